The zero-order chi connectivity index (χ0) is 21.4. The third-order valence-electron chi connectivity index (χ3n) is 5.16. The van der Waals surface area contributed by atoms with Gasteiger partial charge in [-0.15, -0.1) is 0 Å². The molecule has 0 saturated carbocycles. The van der Waals surface area contributed by atoms with Crippen molar-refractivity contribution in [2.24, 2.45) is 0 Å². The topological polar surface area (TPSA) is 49.4 Å². The number of halogens is 1. The Kier molecular flexibility index (Phi) is 4.96. The summed E-state index contributed by atoms with van der Waals surface area (Å²) in [5.41, 5.74) is 5.29. The van der Waals surface area contributed by atoms with Crippen molar-refractivity contribution in [3.8, 4) is 0 Å². The highest BCUT2D eigenvalue weighted by atomic mass is 19.1. The summed E-state index contributed by atoms with van der Waals surface area (Å²) in [5.74, 6) is -1.34. The van der Waals surface area contributed by atoms with E-state index >= 15 is 0 Å². The van der Waals surface area contributed by atoms with Crippen LogP contribution in [0, 0.1) is 26.6 Å². The van der Waals surface area contributed by atoms with Crippen molar-refractivity contribution in [2.45, 2.75) is 20.8 Å². The Morgan fingerprint density at radius 2 is 1.40 bits per heavy atom. The van der Waals surface area contributed by atoms with Gasteiger partial charge in [0.15, 0.2) is 0 Å². The average molecular weight is 400 g/mol. The molecule has 3 aromatic rings. The molecular weight excluding hydrogens is 379 g/mol. The third-order valence-corrected chi connectivity index (χ3v) is 5.16. The van der Waals surface area contributed by atoms with Crippen LogP contribution in [0.2, 0.25) is 0 Å². The lowest BCUT2D eigenvalue weighted by Crippen LogP contribution is -2.32. The van der Waals surface area contributed by atoms with Crippen molar-refractivity contribution >= 4 is 28.8 Å². The van der Waals surface area contributed by atoms with E-state index in [2.05, 4.69) is 5.32 Å². The van der Waals surface area contributed by atoms with E-state index in [0.717, 1.165) is 27.3 Å². The van der Waals surface area contributed by atoms with Crippen molar-refractivity contribution in [3.63, 3.8) is 0 Å². The molecule has 1 aliphatic rings. The van der Waals surface area contributed by atoms with Crippen LogP contribution in [0.4, 0.5) is 15.8 Å². The smallest absolute Gasteiger partial charge is 0.282 e. The quantitative estimate of drug-likeness (QED) is 0.617. The van der Waals surface area contributed by atoms with Crippen LogP contribution in [0.1, 0.15) is 22.3 Å². The summed E-state index contributed by atoms with van der Waals surface area (Å²) in [4.78, 5) is 27.8. The maximum atomic E-state index is 13.4. The molecule has 0 spiro atoms. The van der Waals surface area contributed by atoms with Crippen molar-refractivity contribution < 1.29 is 14.0 Å². The molecule has 0 aliphatic carbocycles. The Balaban J connectivity index is 1.84. The van der Waals surface area contributed by atoms with Gasteiger partial charge in [-0.3, -0.25) is 9.59 Å². The molecule has 0 radical (unpaired) electrons. The summed E-state index contributed by atoms with van der Waals surface area (Å²) >= 11 is 0. The molecule has 0 aromatic heterocycles. The second-order valence-corrected chi connectivity index (χ2v) is 7.48. The number of aryl methyl sites for hydroxylation is 3. The molecule has 150 valence electrons. The highest BCUT2D eigenvalue weighted by molar-refractivity contribution is 6.46. The van der Waals surface area contributed by atoms with E-state index in [9.17, 15) is 14.0 Å². The fraction of sp³-hybridized carbons (Fsp3) is 0.120. The van der Waals surface area contributed by atoms with Gasteiger partial charge in [-0.25, -0.2) is 9.29 Å². The minimum Gasteiger partial charge on any atom is -0.350 e. The normalized spacial score (nSPS) is 13.9. The summed E-state index contributed by atoms with van der Waals surface area (Å²) in [6.07, 6.45) is 0. The molecule has 30 heavy (non-hydrogen) atoms. The van der Waals surface area contributed by atoms with Gasteiger partial charge >= 0.3 is 0 Å². The number of nitrogens with zero attached hydrogens (tertiary/aromatic N) is 1. The summed E-state index contributed by atoms with van der Waals surface area (Å²) in [5, 5.41) is 3.20. The second kappa shape index (κ2) is 7.59. The van der Waals surface area contributed by atoms with Gasteiger partial charge in [0.2, 0.25) is 0 Å². The Morgan fingerprint density at radius 3 is 2.07 bits per heavy atom. The Hall–Kier alpha value is -3.73. The molecule has 0 fully saturated rings. The van der Waals surface area contributed by atoms with E-state index in [0.29, 0.717) is 16.8 Å². The molecule has 2 amide bonds. The Bertz CT molecular complexity index is 1180. The third kappa shape index (κ3) is 3.50. The van der Waals surface area contributed by atoms with Crippen LogP contribution in [0.3, 0.4) is 0 Å². The predicted octanol–water partition coefficient (Wildman–Crippen LogP) is 5.15. The minimum atomic E-state index is -0.469. The van der Waals surface area contributed by atoms with E-state index in [4.69, 9.17) is 0 Å². The van der Waals surface area contributed by atoms with Crippen molar-refractivity contribution in [1.82, 2.24) is 0 Å². The molecule has 1 N–H and O–H groups in total. The van der Waals surface area contributed by atoms with Crippen molar-refractivity contribution in [1.29, 1.82) is 0 Å². The maximum Gasteiger partial charge on any atom is 0.282 e. The average Bonchev–Trinajstić information content (AvgIpc) is 2.96. The lowest BCUT2D eigenvalue weighted by Gasteiger charge is -2.16. The first-order chi connectivity index (χ1) is 14.3. The number of hydrogen-bond donors (Lipinski definition) is 1. The Morgan fingerprint density at radius 1 is 0.767 bits per heavy atom. The molecule has 3 aromatic carbocycles. The number of rotatable bonds is 4. The fourth-order valence-electron chi connectivity index (χ4n) is 3.46. The SMILES string of the molecule is Cc1ccc(C2=C(Nc3cc(C)ccc3C)C(=O)N(c3ccc(F)cc3)C2=O)cc1. The second-order valence-electron chi connectivity index (χ2n) is 7.48. The van der Waals surface area contributed by atoms with Gasteiger partial charge < -0.3 is 5.32 Å². The summed E-state index contributed by atoms with van der Waals surface area (Å²) in [6, 6.07) is 18.7. The van der Waals surface area contributed by atoms with Gasteiger partial charge in [0.05, 0.1) is 11.3 Å². The number of imide groups is 1. The molecular formula is C25H21FN2O2. The summed E-state index contributed by atoms with van der Waals surface area (Å²) in [7, 11) is 0. The lowest BCUT2D eigenvalue weighted by atomic mass is 10.0. The molecule has 0 saturated heterocycles. The van der Waals surface area contributed by atoms with Crippen LogP contribution < -0.4 is 10.2 Å². The number of anilines is 2. The van der Waals surface area contributed by atoms with Crippen LogP contribution in [-0.2, 0) is 9.59 Å². The van der Waals surface area contributed by atoms with Gasteiger partial charge in [0, 0.05) is 5.69 Å². The van der Waals surface area contributed by atoms with Crippen LogP contribution >= 0.6 is 0 Å². The molecule has 4 nitrogen and oxygen atoms in total. The van der Waals surface area contributed by atoms with Crippen LogP contribution in [0.15, 0.2) is 72.4 Å². The molecule has 1 aliphatic heterocycles. The standard InChI is InChI=1S/C25H21FN2O2/c1-15-5-8-18(9-6-15)22-23(27-21-14-16(2)4-7-17(21)3)25(30)28(24(22)29)20-12-10-19(26)11-13-20/h4-14,27H,1-3H3. The molecule has 1 heterocycles. The van der Waals surface area contributed by atoms with Gasteiger partial charge in [0.1, 0.15) is 11.5 Å². The monoisotopic (exact) mass is 400 g/mol. The van der Waals surface area contributed by atoms with Crippen molar-refractivity contribution in [3.05, 3.63) is 100 Å². The first-order valence-electron chi connectivity index (χ1n) is 9.65. The molecule has 5 heteroatoms. The van der Waals surface area contributed by atoms with Crippen LogP contribution in [0.25, 0.3) is 5.57 Å². The van der Waals surface area contributed by atoms with Gasteiger partial charge in [-0.05, 0) is 67.8 Å². The maximum absolute atomic E-state index is 13.4. The fourth-order valence-corrected chi connectivity index (χ4v) is 3.46. The van der Waals surface area contributed by atoms with E-state index in [1.54, 1.807) is 0 Å². The van der Waals surface area contributed by atoms with Crippen molar-refractivity contribution in [2.75, 3.05) is 10.2 Å². The number of amides is 2. The Labute approximate surface area is 174 Å². The number of carbonyl (C=O) groups excluding carboxylic acids is 2. The van der Waals surface area contributed by atoms with Gasteiger partial charge in [-0.1, -0.05) is 42.0 Å². The molecule has 0 unspecified atom stereocenters. The lowest BCUT2D eigenvalue weighted by molar-refractivity contribution is -0.120. The van der Waals surface area contributed by atoms with Crippen LogP contribution in [-0.4, -0.2) is 11.8 Å². The van der Waals surface area contributed by atoms with E-state index in [-0.39, 0.29) is 5.70 Å². The predicted molar refractivity (Wildman–Crippen MR) is 117 cm³/mol. The van der Waals surface area contributed by atoms with Gasteiger partial charge in [0.25, 0.3) is 11.8 Å². The first kappa shape index (κ1) is 19.6. The largest absolute Gasteiger partial charge is 0.350 e. The highest BCUT2D eigenvalue weighted by Crippen LogP contribution is 2.34. The number of hydrogen-bond acceptors (Lipinski definition) is 3. The number of benzene rings is 3. The van der Waals surface area contributed by atoms with E-state index < -0.39 is 17.6 Å². The summed E-state index contributed by atoms with van der Waals surface area (Å²) < 4.78 is 13.4. The molecule has 4 rings (SSSR count). The number of carbonyl (C=O) groups is 2. The number of nitrogens with one attached hydrogen (secondary N) is 1. The summed E-state index contributed by atoms with van der Waals surface area (Å²) in [6.45, 7) is 5.86. The van der Waals surface area contributed by atoms with Gasteiger partial charge in [-0.2, -0.15) is 0 Å². The zero-order valence-corrected chi connectivity index (χ0v) is 17.0. The van der Waals surface area contributed by atoms with Crippen LogP contribution in [0.5, 0.6) is 0 Å². The van der Waals surface area contributed by atoms with E-state index in [1.165, 1.54) is 24.3 Å². The minimum absolute atomic E-state index is 0.210. The zero-order valence-electron chi connectivity index (χ0n) is 17.0. The molecule has 0 bridgehead atoms. The van der Waals surface area contributed by atoms with E-state index in [1.807, 2.05) is 63.2 Å². The highest BCUT2D eigenvalue weighted by Gasteiger charge is 2.40. The first-order valence-corrected chi connectivity index (χ1v) is 9.65. The molecule has 0 atom stereocenters.